The van der Waals surface area contributed by atoms with Gasteiger partial charge in [-0.1, -0.05) is 44.2 Å². The van der Waals surface area contributed by atoms with Gasteiger partial charge in [-0.2, -0.15) is 4.31 Å². The Morgan fingerprint density at radius 1 is 1.00 bits per heavy atom. The van der Waals surface area contributed by atoms with E-state index in [4.69, 9.17) is 4.74 Å². The average molecular weight is 446 g/mol. The van der Waals surface area contributed by atoms with Crippen LogP contribution in [0, 0.1) is 0 Å². The van der Waals surface area contributed by atoms with E-state index in [-0.39, 0.29) is 12.5 Å². The molecule has 7 nitrogen and oxygen atoms in total. The van der Waals surface area contributed by atoms with E-state index < -0.39 is 10.0 Å². The van der Waals surface area contributed by atoms with Crippen molar-refractivity contribution in [1.82, 2.24) is 14.5 Å². The van der Waals surface area contributed by atoms with Crippen molar-refractivity contribution in [2.45, 2.75) is 24.7 Å². The molecule has 0 saturated carbocycles. The molecule has 2 aromatic rings. The van der Waals surface area contributed by atoms with E-state index in [1.807, 2.05) is 24.3 Å². The van der Waals surface area contributed by atoms with Crippen molar-refractivity contribution in [2.75, 3.05) is 45.9 Å². The number of benzene rings is 2. The van der Waals surface area contributed by atoms with E-state index in [0.29, 0.717) is 55.8 Å². The molecule has 0 aromatic heterocycles. The molecule has 0 bridgehead atoms. The minimum atomic E-state index is -3.44. The number of hydrogen-bond acceptors (Lipinski definition) is 5. The Kier molecular flexibility index (Phi) is 8.06. The third kappa shape index (κ3) is 6.53. The average Bonchev–Trinajstić information content (AvgIpc) is 2.79. The van der Waals surface area contributed by atoms with E-state index in [2.05, 4.69) is 24.1 Å². The van der Waals surface area contributed by atoms with Gasteiger partial charge in [-0.15, -0.1) is 0 Å². The lowest BCUT2D eigenvalue weighted by molar-refractivity contribution is -0.123. The summed E-state index contributed by atoms with van der Waals surface area (Å²) in [7, 11) is -3.44. The Hall–Kier alpha value is -2.42. The highest BCUT2D eigenvalue weighted by molar-refractivity contribution is 7.89. The lowest BCUT2D eigenvalue weighted by Crippen LogP contribution is -2.50. The predicted octanol–water partition coefficient (Wildman–Crippen LogP) is 2.31. The third-order valence-corrected chi connectivity index (χ3v) is 7.29. The minimum absolute atomic E-state index is 0.0237. The second-order valence-electron chi connectivity index (χ2n) is 7.92. The fourth-order valence-electron chi connectivity index (χ4n) is 3.44. The van der Waals surface area contributed by atoms with Crippen molar-refractivity contribution < 1.29 is 17.9 Å². The molecular weight excluding hydrogens is 414 g/mol. The van der Waals surface area contributed by atoms with E-state index in [1.54, 1.807) is 30.3 Å². The molecule has 1 N–H and O–H groups in total. The molecular formula is C23H31N3O4S. The highest BCUT2D eigenvalue weighted by Gasteiger charge is 2.28. The van der Waals surface area contributed by atoms with Crippen LogP contribution in [0.15, 0.2) is 59.5 Å². The molecule has 1 saturated heterocycles. The van der Waals surface area contributed by atoms with Crippen LogP contribution in [0.5, 0.6) is 5.75 Å². The molecule has 2 aromatic carbocycles. The molecule has 0 spiro atoms. The molecule has 0 unspecified atom stereocenters. The second kappa shape index (κ2) is 10.7. The molecule has 3 rings (SSSR count). The van der Waals surface area contributed by atoms with Gasteiger partial charge in [-0.25, -0.2) is 8.42 Å². The molecule has 1 amide bonds. The molecule has 0 atom stereocenters. The summed E-state index contributed by atoms with van der Waals surface area (Å²) in [5.41, 5.74) is 1.23. The fraction of sp³-hybridized carbons (Fsp3) is 0.435. The third-order valence-electron chi connectivity index (χ3n) is 5.38. The predicted molar refractivity (Wildman–Crippen MR) is 121 cm³/mol. The Morgan fingerprint density at radius 2 is 1.65 bits per heavy atom. The Balaban J connectivity index is 1.35. The summed E-state index contributed by atoms with van der Waals surface area (Å²) in [6.07, 6.45) is 0. The summed E-state index contributed by atoms with van der Waals surface area (Å²) >= 11 is 0. The summed E-state index contributed by atoms with van der Waals surface area (Å²) in [6.45, 7) is 7.58. The standard InChI is InChI=1S/C23H31N3O4S/c1-19(2)20-8-10-21(11-9-20)30-18-23(27)24-12-13-25-14-16-26(17-15-25)31(28,29)22-6-4-3-5-7-22/h3-11,19H,12-18H2,1-2H3,(H,24,27). The van der Waals surface area contributed by atoms with Gasteiger partial charge in [-0.05, 0) is 35.7 Å². The van der Waals surface area contributed by atoms with Crippen LogP contribution in [-0.4, -0.2) is 69.4 Å². The molecule has 8 heteroatoms. The van der Waals surface area contributed by atoms with Gasteiger partial charge in [0, 0.05) is 39.3 Å². The monoisotopic (exact) mass is 445 g/mol. The van der Waals surface area contributed by atoms with Crippen molar-refractivity contribution in [3.05, 3.63) is 60.2 Å². The van der Waals surface area contributed by atoms with Gasteiger partial charge in [0.2, 0.25) is 10.0 Å². The van der Waals surface area contributed by atoms with Crippen molar-refractivity contribution in [1.29, 1.82) is 0 Å². The quantitative estimate of drug-likeness (QED) is 0.641. The fourth-order valence-corrected chi connectivity index (χ4v) is 4.88. The number of nitrogens with one attached hydrogen (secondary N) is 1. The zero-order chi connectivity index (χ0) is 22.3. The SMILES string of the molecule is CC(C)c1ccc(OCC(=O)NCCN2CCN(S(=O)(=O)c3ccccc3)CC2)cc1. The van der Waals surface area contributed by atoms with Crippen LogP contribution in [0.3, 0.4) is 0 Å². The Labute approximate surface area is 185 Å². The number of ether oxygens (including phenoxy) is 1. The van der Waals surface area contributed by atoms with Crippen LogP contribution >= 0.6 is 0 Å². The number of piperazine rings is 1. The first kappa shape index (κ1) is 23.2. The van der Waals surface area contributed by atoms with Gasteiger partial charge in [0.05, 0.1) is 4.90 Å². The van der Waals surface area contributed by atoms with Gasteiger partial charge in [-0.3, -0.25) is 9.69 Å². The van der Waals surface area contributed by atoms with Gasteiger partial charge < -0.3 is 10.1 Å². The van der Waals surface area contributed by atoms with Crippen LogP contribution in [-0.2, 0) is 14.8 Å². The summed E-state index contributed by atoms with van der Waals surface area (Å²) in [5.74, 6) is 0.964. The second-order valence-corrected chi connectivity index (χ2v) is 9.86. The molecule has 31 heavy (non-hydrogen) atoms. The maximum absolute atomic E-state index is 12.7. The number of rotatable bonds is 9. The first-order chi connectivity index (χ1) is 14.9. The van der Waals surface area contributed by atoms with Crippen LogP contribution in [0.4, 0.5) is 0 Å². The van der Waals surface area contributed by atoms with Crippen molar-refractivity contribution in [2.24, 2.45) is 0 Å². The summed E-state index contributed by atoms with van der Waals surface area (Å²) in [4.78, 5) is 14.5. The number of carbonyl (C=O) groups excluding carboxylic acids is 1. The van der Waals surface area contributed by atoms with E-state index in [9.17, 15) is 13.2 Å². The molecule has 1 aliphatic rings. The molecule has 1 fully saturated rings. The summed E-state index contributed by atoms with van der Waals surface area (Å²) in [5, 5.41) is 2.86. The number of hydrogen-bond donors (Lipinski definition) is 1. The maximum Gasteiger partial charge on any atom is 0.257 e. The van der Waals surface area contributed by atoms with Gasteiger partial charge >= 0.3 is 0 Å². The zero-order valence-corrected chi connectivity index (χ0v) is 19.0. The van der Waals surface area contributed by atoms with Crippen LogP contribution < -0.4 is 10.1 Å². The Morgan fingerprint density at radius 3 is 2.26 bits per heavy atom. The number of sulfonamides is 1. The van der Waals surface area contributed by atoms with Crippen molar-refractivity contribution in [3.8, 4) is 5.75 Å². The smallest absolute Gasteiger partial charge is 0.257 e. The van der Waals surface area contributed by atoms with E-state index >= 15 is 0 Å². The normalized spacial score (nSPS) is 15.7. The Bertz CT molecular complexity index is 939. The van der Waals surface area contributed by atoms with E-state index in [1.165, 1.54) is 9.87 Å². The molecule has 0 radical (unpaired) electrons. The van der Waals surface area contributed by atoms with Crippen LogP contribution in [0.1, 0.15) is 25.3 Å². The largest absolute Gasteiger partial charge is 0.484 e. The molecule has 1 aliphatic heterocycles. The van der Waals surface area contributed by atoms with Crippen LogP contribution in [0.25, 0.3) is 0 Å². The number of carbonyl (C=O) groups is 1. The lowest BCUT2D eigenvalue weighted by Gasteiger charge is -2.33. The number of amides is 1. The minimum Gasteiger partial charge on any atom is -0.484 e. The van der Waals surface area contributed by atoms with Gasteiger partial charge in [0.25, 0.3) is 5.91 Å². The van der Waals surface area contributed by atoms with Crippen molar-refractivity contribution in [3.63, 3.8) is 0 Å². The lowest BCUT2D eigenvalue weighted by atomic mass is 10.0. The van der Waals surface area contributed by atoms with Gasteiger partial charge in [0.15, 0.2) is 6.61 Å². The van der Waals surface area contributed by atoms with Crippen molar-refractivity contribution >= 4 is 15.9 Å². The van der Waals surface area contributed by atoms with E-state index in [0.717, 1.165) is 0 Å². The highest BCUT2D eigenvalue weighted by Crippen LogP contribution is 2.19. The molecule has 1 heterocycles. The summed E-state index contributed by atoms with van der Waals surface area (Å²) in [6, 6.07) is 16.3. The molecule has 168 valence electrons. The highest BCUT2D eigenvalue weighted by atomic mass is 32.2. The van der Waals surface area contributed by atoms with Crippen LogP contribution in [0.2, 0.25) is 0 Å². The number of nitrogens with zero attached hydrogens (tertiary/aromatic N) is 2. The topological polar surface area (TPSA) is 79.0 Å². The maximum atomic E-state index is 12.7. The zero-order valence-electron chi connectivity index (χ0n) is 18.2. The molecule has 0 aliphatic carbocycles. The first-order valence-electron chi connectivity index (χ1n) is 10.6. The first-order valence-corrected chi connectivity index (χ1v) is 12.1. The van der Waals surface area contributed by atoms with Gasteiger partial charge in [0.1, 0.15) is 5.75 Å². The summed E-state index contributed by atoms with van der Waals surface area (Å²) < 4.78 is 32.4.